The van der Waals surface area contributed by atoms with E-state index < -0.39 is 17.2 Å². The molecule has 6 nitrogen and oxygen atoms in total. The van der Waals surface area contributed by atoms with Gasteiger partial charge in [0, 0.05) is 31.7 Å². The van der Waals surface area contributed by atoms with E-state index in [4.69, 9.17) is 4.74 Å². The summed E-state index contributed by atoms with van der Waals surface area (Å²) in [5.41, 5.74) is 0.229. The van der Waals surface area contributed by atoms with Gasteiger partial charge in [-0.2, -0.15) is 0 Å². The Bertz CT molecular complexity index is 810. The molecule has 1 aromatic rings. The molecule has 0 radical (unpaired) electrons. The first kappa shape index (κ1) is 23.3. The average molecular weight is 437 g/mol. The molecule has 0 spiro atoms. The topological polar surface area (TPSA) is 66.0 Å². The number of halogens is 2. The summed E-state index contributed by atoms with van der Waals surface area (Å²) >= 11 is 0. The monoisotopic (exact) mass is 436 g/mol. The van der Waals surface area contributed by atoms with Gasteiger partial charge in [0.2, 0.25) is 0 Å². The number of fused-ring (bicyclic) bond motifs is 2. The summed E-state index contributed by atoms with van der Waals surface area (Å²) < 4.78 is 32.3. The average Bonchev–Trinajstić information content (AvgIpc) is 2.96. The van der Waals surface area contributed by atoms with Crippen LogP contribution in [0.1, 0.15) is 64.9 Å². The maximum atomic E-state index is 13.5. The lowest BCUT2D eigenvalue weighted by Crippen LogP contribution is -2.55. The Hall–Kier alpha value is -2.38. The minimum absolute atomic E-state index is 0.0150. The van der Waals surface area contributed by atoms with E-state index in [0.717, 1.165) is 37.3 Å². The van der Waals surface area contributed by atoms with Gasteiger partial charge in [0.1, 0.15) is 5.60 Å². The second-order valence-corrected chi connectivity index (χ2v) is 9.61. The molecule has 2 saturated heterocycles. The van der Waals surface area contributed by atoms with Gasteiger partial charge in [-0.15, -0.1) is 0 Å². The molecule has 0 aromatic heterocycles. The Morgan fingerprint density at radius 3 is 2.42 bits per heavy atom. The van der Waals surface area contributed by atoms with Gasteiger partial charge in [-0.05, 0) is 70.1 Å². The zero-order chi connectivity index (χ0) is 22.8. The fraction of sp³-hybridized carbons (Fsp3) is 0.652. The van der Waals surface area contributed by atoms with E-state index in [1.807, 2.05) is 32.6 Å². The van der Waals surface area contributed by atoms with Crippen molar-refractivity contribution in [2.75, 3.05) is 13.6 Å². The molecule has 3 rings (SSSR count). The van der Waals surface area contributed by atoms with Crippen LogP contribution in [0.2, 0.25) is 0 Å². The van der Waals surface area contributed by atoms with E-state index in [2.05, 4.69) is 15.6 Å². The summed E-state index contributed by atoms with van der Waals surface area (Å²) in [6, 6.07) is 4.55. The number of benzene rings is 1. The van der Waals surface area contributed by atoms with E-state index in [1.54, 1.807) is 13.1 Å². The predicted octanol–water partition coefficient (Wildman–Crippen LogP) is 4.16. The third-order valence-corrected chi connectivity index (χ3v) is 5.99. The van der Waals surface area contributed by atoms with Crippen molar-refractivity contribution >= 4 is 12.1 Å². The Balaban J connectivity index is 1.53. The maximum Gasteiger partial charge on any atom is 0.410 e. The first-order chi connectivity index (χ1) is 14.6. The van der Waals surface area contributed by atoms with Crippen LogP contribution in [0.5, 0.6) is 0 Å². The van der Waals surface area contributed by atoms with Gasteiger partial charge in [0.25, 0.3) is 0 Å². The number of amides is 1. The SMILES string of the molecule is CN=C(NCC(C)c1ccc(F)c(F)c1)NC1CC2CCC(C1)N2C(=O)OC(C)(C)C. The lowest BCUT2D eigenvalue weighted by atomic mass is 9.98. The molecular formula is C23H34F2N4O2. The first-order valence-corrected chi connectivity index (χ1v) is 11.0. The summed E-state index contributed by atoms with van der Waals surface area (Å²) in [4.78, 5) is 18.8. The second-order valence-electron chi connectivity index (χ2n) is 9.61. The second kappa shape index (κ2) is 9.40. The Labute approximate surface area is 183 Å². The number of aliphatic imine (C=N–C) groups is 1. The third kappa shape index (κ3) is 5.86. The van der Waals surface area contributed by atoms with E-state index in [1.165, 1.54) is 6.07 Å². The van der Waals surface area contributed by atoms with E-state index in [-0.39, 0.29) is 30.1 Å². The van der Waals surface area contributed by atoms with Crippen LogP contribution in [0.4, 0.5) is 13.6 Å². The van der Waals surface area contributed by atoms with Crippen molar-refractivity contribution in [1.29, 1.82) is 0 Å². The summed E-state index contributed by atoms with van der Waals surface area (Å²) in [7, 11) is 1.71. The van der Waals surface area contributed by atoms with E-state index >= 15 is 0 Å². The number of carbonyl (C=O) groups excluding carboxylic acids is 1. The molecule has 31 heavy (non-hydrogen) atoms. The number of carbonyl (C=O) groups is 1. The van der Waals surface area contributed by atoms with Crippen molar-refractivity contribution in [2.24, 2.45) is 4.99 Å². The number of nitrogens with zero attached hydrogens (tertiary/aromatic N) is 2. The standard InChI is InChI=1S/C23H34F2N4O2/c1-14(15-6-9-19(24)20(25)10-15)13-27-21(26-5)28-16-11-17-7-8-18(12-16)29(17)22(30)31-23(2,3)4/h6,9-10,14,16-18H,7-8,11-13H2,1-5H3,(H2,26,27,28). The van der Waals surface area contributed by atoms with Crippen LogP contribution < -0.4 is 10.6 Å². The molecule has 0 saturated carbocycles. The summed E-state index contributed by atoms with van der Waals surface area (Å²) in [5.74, 6) is -1.02. The number of hydrogen-bond acceptors (Lipinski definition) is 3. The van der Waals surface area contributed by atoms with Gasteiger partial charge in [-0.1, -0.05) is 13.0 Å². The minimum Gasteiger partial charge on any atom is -0.444 e. The highest BCUT2D eigenvalue weighted by molar-refractivity contribution is 5.80. The number of piperidine rings is 1. The van der Waals surface area contributed by atoms with Crippen LogP contribution in [0, 0.1) is 11.6 Å². The molecule has 2 N–H and O–H groups in total. The molecular weight excluding hydrogens is 402 g/mol. The maximum absolute atomic E-state index is 13.5. The number of hydrogen-bond donors (Lipinski definition) is 2. The number of ether oxygens (including phenoxy) is 1. The van der Waals surface area contributed by atoms with Gasteiger partial charge in [-0.25, -0.2) is 13.6 Å². The minimum atomic E-state index is -0.839. The largest absolute Gasteiger partial charge is 0.444 e. The van der Waals surface area contributed by atoms with Crippen LogP contribution in [-0.2, 0) is 4.74 Å². The zero-order valence-corrected chi connectivity index (χ0v) is 19.0. The van der Waals surface area contributed by atoms with Crippen LogP contribution in [-0.4, -0.2) is 54.3 Å². The number of rotatable bonds is 4. The normalized spacial score (nSPS) is 24.7. The van der Waals surface area contributed by atoms with Crippen molar-refractivity contribution in [1.82, 2.24) is 15.5 Å². The molecule has 1 aromatic carbocycles. The van der Waals surface area contributed by atoms with Crippen LogP contribution >= 0.6 is 0 Å². The highest BCUT2D eigenvalue weighted by atomic mass is 19.2. The van der Waals surface area contributed by atoms with Crippen LogP contribution in [0.15, 0.2) is 23.2 Å². The number of nitrogens with one attached hydrogen (secondary N) is 2. The van der Waals surface area contributed by atoms with Crippen molar-refractivity contribution in [3.05, 3.63) is 35.4 Å². The van der Waals surface area contributed by atoms with E-state index in [9.17, 15) is 13.6 Å². The van der Waals surface area contributed by atoms with Crippen molar-refractivity contribution in [2.45, 2.75) is 83.0 Å². The Kier molecular flexibility index (Phi) is 7.06. The zero-order valence-electron chi connectivity index (χ0n) is 19.0. The summed E-state index contributed by atoms with van der Waals surface area (Å²) in [6.45, 7) is 8.15. The lowest BCUT2D eigenvalue weighted by molar-refractivity contribution is 0.00545. The summed E-state index contributed by atoms with van der Waals surface area (Å²) in [6.07, 6.45) is 3.44. The highest BCUT2D eigenvalue weighted by Gasteiger charge is 2.45. The molecule has 1 amide bonds. The quantitative estimate of drug-likeness (QED) is 0.549. The first-order valence-electron chi connectivity index (χ1n) is 11.0. The van der Waals surface area contributed by atoms with Gasteiger partial charge in [0.15, 0.2) is 17.6 Å². The van der Waals surface area contributed by atoms with Gasteiger partial charge in [-0.3, -0.25) is 4.99 Å². The van der Waals surface area contributed by atoms with Gasteiger partial charge in [0.05, 0.1) is 0 Å². The predicted molar refractivity (Wildman–Crippen MR) is 117 cm³/mol. The fourth-order valence-corrected chi connectivity index (χ4v) is 4.48. The summed E-state index contributed by atoms with van der Waals surface area (Å²) in [5, 5.41) is 6.75. The number of guanidine groups is 1. The highest BCUT2D eigenvalue weighted by Crippen LogP contribution is 2.36. The Morgan fingerprint density at radius 2 is 1.87 bits per heavy atom. The Morgan fingerprint density at radius 1 is 1.23 bits per heavy atom. The van der Waals surface area contributed by atoms with Crippen molar-refractivity contribution in [3.63, 3.8) is 0 Å². The smallest absolute Gasteiger partial charge is 0.410 e. The van der Waals surface area contributed by atoms with Crippen molar-refractivity contribution in [3.8, 4) is 0 Å². The molecule has 3 atom stereocenters. The van der Waals surface area contributed by atoms with Crippen LogP contribution in [0.3, 0.4) is 0 Å². The molecule has 2 aliphatic heterocycles. The van der Waals surface area contributed by atoms with Crippen LogP contribution in [0.25, 0.3) is 0 Å². The molecule has 8 heteroatoms. The molecule has 172 valence electrons. The molecule has 2 bridgehead atoms. The molecule has 3 unspecified atom stereocenters. The van der Waals surface area contributed by atoms with E-state index in [0.29, 0.717) is 12.5 Å². The lowest BCUT2D eigenvalue weighted by Gasteiger charge is -2.40. The molecule has 2 aliphatic rings. The van der Waals surface area contributed by atoms with Gasteiger partial charge >= 0.3 is 6.09 Å². The fourth-order valence-electron chi connectivity index (χ4n) is 4.48. The van der Waals surface area contributed by atoms with Crippen molar-refractivity contribution < 1.29 is 18.3 Å². The third-order valence-electron chi connectivity index (χ3n) is 5.99. The van der Waals surface area contributed by atoms with Gasteiger partial charge < -0.3 is 20.3 Å². The molecule has 2 heterocycles. The molecule has 2 fully saturated rings. The molecule has 0 aliphatic carbocycles.